The summed E-state index contributed by atoms with van der Waals surface area (Å²) in [7, 11) is 1.65. The molecule has 138 valence electrons. The number of benzene rings is 1. The summed E-state index contributed by atoms with van der Waals surface area (Å²) < 4.78 is 6.17. The molecule has 0 atom stereocenters. The van der Waals surface area contributed by atoms with Crippen LogP contribution in [0, 0.1) is 0 Å². The molecule has 0 saturated carbocycles. The van der Waals surface area contributed by atoms with Crippen LogP contribution in [0.3, 0.4) is 0 Å². The standard InChI is InChI=1S/C20H24BrN3O2/c1-26-19-6-4-16(13-18(19)21)5-7-20(25)24-11-9-23(10-12-24)15-17-3-2-8-22-14-17/h2-4,6,8,13-14H,5,7,9-12,15H2,1H3. The maximum absolute atomic E-state index is 12.5. The number of aromatic nitrogens is 1. The third kappa shape index (κ3) is 5.05. The van der Waals surface area contributed by atoms with Crippen molar-refractivity contribution >= 4 is 21.8 Å². The Hall–Kier alpha value is -1.92. The normalized spacial score (nSPS) is 15.1. The summed E-state index contributed by atoms with van der Waals surface area (Å²) in [6.45, 7) is 4.32. The van der Waals surface area contributed by atoms with E-state index in [2.05, 4.69) is 31.9 Å². The first-order chi connectivity index (χ1) is 12.7. The lowest BCUT2D eigenvalue weighted by Crippen LogP contribution is -2.48. The predicted octanol–water partition coefficient (Wildman–Crippen LogP) is 3.13. The van der Waals surface area contributed by atoms with Crippen LogP contribution in [0.2, 0.25) is 0 Å². The molecule has 1 saturated heterocycles. The Balaban J connectivity index is 1.44. The van der Waals surface area contributed by atoms with Crippen molar-refractivity contribution in [1.29, 1.82) is 0 Å². The van der Waals surface area contributed by atoms with Gasteiger partial charge in [-0.2, -0.15) is 0 Å². The minimum Gasteiger partial charge on any atom is -0.496 e. The van der Waals surface area contributed by atoms with E-state index in [0.717, 1.165) is 54.9 Å². The first-order valence-corrected chi connectivity index (χ1v) is 9.66. The summed E-state index contributed by atoms with van der Waals surface area (Å²) in [5.74, 6) is 1.04. The Kier molecular flexibility index (Phi) is 6.63. The van der Waals surface area contributed by atoms with Crippen LogP contribution < -0.4 is 4.74 Å². The molecular weight excluding hydrogens is 394 g/mol. The van der Waals surface area contributed by atoms with E-state index in [1.54, 1.807) is 13.3 Å². The second-order valence-electron chi connectivity index (χ2n) is 6.49. The van der Waals surface area contributed by atoms with Crippen LogP contribution in [-0.4, -0.2) is 54.0 Å². The number of piperazine rings is 1. The monoisotopic (exact) mass is 417 g/mol. The number of rotatable bonds is 6. The zero-order chi connectivity index (χ0) is 18.4. The Bertz CT molecular complexity index is 731. The average molecular weight is 418 g/mol. The molecule has 0 unspecified atom stereocenters. The molecule has 3 rings (SSSR count). The van der Waals surface area contributed by atoms with Gasteiger partial charge in [-0.1, -0.05) is 12.1 Å². The maximum Gasteiger partial charge on any atom is 0.222 e. The van der Waals surface area contributed by atoms with E-state index in [4.69, 9.17) is 4.74 Å². The lowest BCUT2D eigenvalue weighted by molar-refractivity contribution is -0.133. The average Bonchev–Trinajstić information content (AvgIpc) is 2.67. The van der Waals surface area contributed by atoms with E-state index in [9.17, 15) is 4.79 Å². The van der Waals surface area contributed by atoms with Crippen molar-refractivity contribution in [3.63, 3.8) is 0 Å². The number of methoxy groups -OCH3 is 1. The molecule has 1 aromatic carbocycles. The summed E-state index contributed by atoms with van der Waals surface area (Å²) in [6.07, 6.45) is 4.99. The molecule has 0 spiro atoms. The highest BCUT2D eigenvalue weighted by Gasteiger charge is 2.21. The van der Waals surface area contributed by atoms with Gasteiger partial charge in [0.05, 0.1) is 11.6 Å². The van der Waals surface area contributed by atoms with Gasteiger partial charge in [0.1, 0.15) is 5.75 Å². The van der Waals surface area contributed by atoms with Gasteiger partial charge in [-0.25, -0.2) is 0 Å². The van der Waals surface area contributed by atoms with Crippen molar-refractivity contribution in [2.24, 2.45) is 0 Å². The molecule has 1 fully saturated rings. The van der Waals surface area contributed by atoms with E-state index >= 15 is 0 Å². The smallest absolute Gasteiger partial charge is 0.222 e. The van der Waals surface area contributed by atoms with E-state index in [0.29, 0.717) is 6.42 Å². The van der Waals surface area contributed by atoms with Gasteiger partial charge in [-0.3, -0.25) is 14.7 Å². The molecule has 1 aliphatic rings. The van der Waals surface area contributed by atoms with E-state index in [1.165, 1.54) is 5.56 Å². The number of amides is 1. The Morgan fingerprint density at radius 1 is 1.19 bits per heavy atom. The topological polar surface area (TPSA) is 45.7 Å². The molecule has 0 N–H and O–H groups in total. The quantitative estimate of drug-likeness (QED) is 0.723. The Labute approximate surface area is 163 Å². The predicted molar refractivity (Wildman–Crippen MR) is 105 cm³/mol. The third-order valence-electron chi connectivity index (χ3n) is 4.70. The van der Waals surface area contributed by atoms with Crippen LogP contribution >= 0.6 is 15.9 Å². The first-order valence-electron chi connectivity index (χ1n) is 8.87. The SMILES string of the molecule is COc1ccc(CCC(=O)N2CCN(Cc3cccnc3)CC2)cc1Br. The summed E-state index contributed by atoms with van der Waals surface area (Å²) >= 11 is 3.49. The van der Waals surface area contributed by atoms with Gasteiger partial charge in [0, 0.05) is 51.5 Å². The fraction of sp³-hybridized carbons (Fsp3) is 0.400. The van der Waals surface area contributed by atoms with Gasteiger partial charge in [0.25, 0.3) is 0 Å². The maximum atomic E-state index is 12.5. The van der Waals surface area contributed by atoms with Crippen LogP contribution in [0.25, 0.3) is 0 Å². The lowest BCUT2D eigenvalue weighted by atomic mass is 10.1. The van der Waals surface area contributed by atoms with Gasteiger partial charge in [-0.15, -0.1) is 0 Å². The Morgan fingerprint density at radius 3 is 2.65 bits per heavy atom. The second-order valence-corrected chi connectivity index (χ2v) is 7.34. The highest BCUT2D eigenvalue weighted by molar-refractivity contribution is 9.10. The molecule has 0 radical (unpaired) electrons. The number of pyridine rings is 1. The number of ether oxygens (including phenoxy) is 1. The molecule has 6 heteroatoms. The second kappa shape index (κ2) is 9.14. The Morgan fingerprint density at radius 2 is 2.00 bits per heavy atom. The highest BCUT2D eigenvalue weighted by atomic mass is 79.9. The molecule has 1 aliphatic heterocycles. The molecule has 5 nitrogen and oxygen atoms in total. The summed E-state index contributed by atoms with van der Waals surface area (Å²) in [6, 6.07) is 10.0. The van der Waals surface area contributed by atoms with Crippen molar-refractivity contribution in [3.8, 4) is 5.75 Å². The molecule has 2 heterocycles. The number of carbonyl (C=O) groups excluding carboxylic acids is 1. The number of hydrogen-bond donors (Lipinski definition) is 0. The number of carbonyl (C=O) groups is 1. The van der Waals surface area contributed by atoms with E-state index in [1.807, 2.05) is 35.4 Å². The van der Waals surface area contributed by atoms with Gasteiger partial charge >= 0.3 is 0 Å². The molecule has 0 aliphatic carbocycles. The zero-order valence-corrected chi connectivity index (χ0v) is 16.6. The minimum atomic E-state index is 0.234. The molecule has 1 aromatic heterocycles. The fourth-order valence-corrected chi connectivity index (χ4v) is 3.77. The highest BCUT2D eigenvalue weighted by Crippen LogP contribution is 2.26. The van der Waals surface area contributed by atoms with Crippen molar-refractivity contribution in [1.82, 2.24) is 14.8 Å². The van der Waals surface area contributed by atoms with Crippen LogP contribution in [0.4, 0.5) is 0 Å². The van der Waals surface area contributed by atoms with Crippen LogP contribution in [-0.2, 0) is 17.8 Å². The van der Waals surface area contributed by atoms with Crippen molar-refractivity contribution in [2.75, 3.05) is 33.3 Å². The van der Waals surface area contributed by atoms with Crippen molar-refractivity contribution in [3.05, 3.63) is 58.3 Å². The summed E-state index contributed by atoms with van der Waals surface area (Å²) in [5.41, 5.74) is 2.36. The van der Waals surface area contributed by atoms with Crippen LogP contribution in [0.5, 0.6) is 5.75 Å². The number of halogens is 1. The third-order valence-corrected chi connectivity index (χ3v) is 5.32. The molecule has 0 bridgehead atoms. The van der Waals surface area contributed by atoms with E-state index in [-0.39, 0.29) is 5.91 Å². The number of nitrogens with zero attached hydrogens (tertiary/aromatic N) is 3. The van der Waals surface area contributed by atoms with Crippen molar-refractivity contribution < 1.29 is 9.53 Å². The van der Waals surface area contributed by atoms with E-state index < -0.39 is 0 Å². The largest absolute Gasteiger partial charge is 0.496 e. The van der Waals surface area contributed by atoms with Gasteiger partial charge in [-0.05, 0) is 51.7 Å². The molecule has 2 aromatic rings. The lowest BCUT2D eigenvalue weighted by Gasteiger charge is -2.34. The first kappa shape index (κ1) is 18.9. The van der Waals surface area contributed by atoms with Gasteiger partial charge < -0.3 is 9.64 Å². The minimum absolute atomic E-state index is 0.234. The molecule has 1 amide bonds. The molecular formula is C20H24BrN3O2. The summed E-state index contributed by atoms with van der Waals surface area (Å²) in [4.78, 5) is 21.0. The molecule has 26 heavy (non-hydrogen) atoms. The fourth-order valence-electron chi connectivity index (χ4n) is 3.18. The zero-order valence-electron chi connectivity index (χ0n) is 15.0. The van der Waals surface area contributed by atoms with Gasteiger partial charge in [0.2, 0.25) is 5.91 Å². The summed E-state index contributed by atoms with van der Waals surface area (Å²) in [5, 5.41) is 0. The van der Waals surface area contributed by atoms with Gasteiger partial charge in [0.15, 0.2) is 0 Å². The van der Waals surface area contributed by atoms with Crippen molar-refractivity contribution in [2.45, 2.75) is 19.4 Å². The van der Waals surface area contributed by atoms with Crippen LogP contribution in [0.1, 0.15) is 17.5 Å². The van der Waals surface area contributed by atoms with Crippen LogP contribution in [0.15, 0.2) is 47.2 Å². The number of aryl methyl sites for hydroxylation is 1. The number of hydrogen-bond acceptors (Lipinski definition) is 4.